The summed E-state index contributed by atoms with van der Waals surface area (Å²) in [7, 11) is 1.80. The van der Waals surface area contributed by atoms with Gasteiger partial charge >= 0.3 is 0 Å². The van der Waals surface area contributed by atoms with Crippen molar-refractivity contribution in [1.82, 2.24) is 10.6 Å². The Morgan fingerprint density at radius 1 is 1.17 bits per heavy atom. The molecule has 0 aromatic heterocycles. The topological polar surface area (TPSA) is 36.4 Å². The van der Waals surface area contributed by atoms with Crippen molar-refractivity contribution in [2.75, 3.05) is 7.05 Å². The zero-order chi connectivity index (χ0) is 13.7. The van der Waals surface area contributed by atoms with E-state index < -0.39 is 0 Å². The molecule has 1 aromatic carbocycles. The summed E-state index contributed by atoms with van der Waals surface area (Å²) in [6, 6.07) is 4.84. The first-order valence-corrected chi connectivity index (χ1v) is 6.48. The quantitative estimate of drug-likeness (QED) is 0.636. The molecule has 3 heteroatoms. The molecule has 3 nitrogen and oxygen atoms in total. The fourth-order valence-electron chi connectivity index (χ4n) is 2.13. The molecule has 0 aliphatic heterocycles. The first-order chi connectivity index (χ1) is 8.43. The van der Waals surface area contributed by atoms with Crippen LogP contribution < -0.4 is 10.6 Å². The van der Waals surface area contributed by atoms with Crippen LogP contribution >= 0.6 is 0 Å². The second kappa shape index (κ2) is 6.43. The van der Waals surface area contributed by atoms with Crippen LogP contribution in [0.5, 0.6) is 0 Å². The molecular weight excluding hydrogens is 222 g/mol. The summed E-state index contributed by atoms with van der Waals surface area (Å²) in [6.45, 7) is 11.5. The summed E-state index contributed by atoms with van der Waals surface area (Å²) in [5.41, 5.74) is 5.34. The van der Waals surface area contributed by atoms with E-state index in [1.807, 2.05) is 0 Å². The van der Waals surface area contributed by atoms with Crippen molar-refractivity contribution in [1.29, 1.82) is 0 Å². The van der Waals surface area contributed by atoms with Crippen LogP contribution in [0.3, 0.4) is 0 Å². The minimum atomic E-state index is 0.386. The van der Waals surface area contributed by atoms with E-state index in [2.05, 4.69) is 62.4 Å². The summed E-state index contributed by atoms with van der Waals surface area (Å²) in [5, 5.41) is 6.65. The van der Waals surface area contributed by atoms with E-state index in [1.165, 1.54) is 22.3 Å². The molecule has 0 aliphatic rings. The first-order valence-electron chi connectivity index (χ1n) is 6.48. The highest BCUT2D eigenvalue weighted by Gasteiger charge is 2.05. The molecule has 0 heterocycles. The van der Waals surface area contributed by atoms with Crippen molar-refractivity contribution in [2.45, 2.75) is 47.2 Å². The third-order valence-corrected chi connectivity index (χ3v) is 2.92. The van der Waals surface area contributed by atoms with Crippen LogP contribution in [0.4, 0.5) is 0 Å². The van der Waals surface area contributed by atoms with Gasteiger partial charge < -0.3 is 10.6 Å². The maximum absolute atomic E-state index is 4.21. The molecule has 0 unspecified atom stereocenters. The average Bonchev–Trinajstić information content (AvgIpc) is 2.25. The average molecular weight is 247 g/mol. The molecule has 0 radical (unpaired) electrons. The first kappa shape index (κ1) is 14.6. The van der Waals surface area contributed by atoms with Crippen LogP contribution in [0.25, 0.3) is 0 Å². The van der Waals surface area contributed by atoms with Gasteiger partial charge in [-0.2, -0.15) is 0 Å². The predicted molar refractivity (Wildman–Crippen MR) is 79.1 cm³/mol. The van der Waals surface area contributed by atoms with Gasteiger partial charge in [-0.1, -0.05) is 17.7 Å². The lowest BCUT2D eigenvalue weighted by atomic mass is 10.00. The molecule has 0 saturated carbocycles. The van der Waals surface area contributed by atoms with Crippen molar-refractivity contribution in [3.05, 3.63) is 34.4 Å². The second-order valence-electron chi connectivity index (χ2n) is 5.10. The Morgan fingerprint density at radius 3 is 2.17 bits per heavy atom. The molecule has 100 valence electrons. The molecule has 0 saturated heterocycles. The monoisotopic (exact) mass is 247 g/mol. The van der Waals surface area contributed by atoms with Crippen molar-refractivity contribution >= 4 is 5.96 Å². The highest BCUT2D eigenvalue weighted by Crippen LogP contribution is 2.15. The molecule has 18 heavy (non-hydrogen) atoms. The zero-order valence-corrected chi connectivity index (χ0v) is 12.4. The molecule has 0 bridgehead atoms. The lowest BCUT2D eigenvalue weighted by molar-refractivity contribution is 0.698. The second-order valence-corrected chi connectivity index (χ2v) is 5.10. The Morgan fingerprint density at radius 2 is 1.72 bits per heavy atom. The van der Waals surface area contributed by atoms with E-state index in [-0.39, 0.29) is 0 Å². The van der Waals surface area contributed by atoms with Gasteiger partial charge in [-0.15, -0.1) is 0 Å². The van der Waals surface area contributed by atoms with Crippen molar-refractivity contribution in [3.63, 3.8) is 0 Å². The summed E-state index contributed by atoms with van der Waals surface area (Å²) in [5.74, 6) is 0.851. The minimum Gasteiger partial charge on any atom is -0.354 e. The Hall–Kier alpha value is -1.51. The molecule has 2 N–H and O–H groups in total. The van der Waals surface area contributed by atoms with E-state index >= 15 is 0 Å². The van der Waals surface area contributed by atoms with Crippen LogP contribution in [0, 0.1) is 20.8 Å². The van der Waals surface area contributed by atoms with Crippen molar-refractivity contribution in [2.24, 2.45) is 4.99 Å². The lowest BCUT2D eigenvalue weighted by Gasteiger charge is -2.17. The third-order valence-electron chi connectivity index (χ3n) is 2.92. The Balaban J connectivity index is 2.74. The van der Waals surface area contributed by atoms with Gasteiger partial charge in [0.15, 0.2) is 5.96 Å². The fourth-order valence-corrected chi connectivity index (χ4v) is 2.13. The van der Waals surface area contributed by atoms with Gasteiger partial charge in [0.1, 0.15) is 0 Å². The Kier molecular flexibility index (Phi) is 5.20. The molecule has 0 fully saturated rings. The number of hydrogen-bond donors (Lipinski definition) is 2. The molecular formula is C15H25N3. The van der Waals surface area contributed by atoms with Crippen molar-refractivity contribution in [3.8, 4) is 0 Å². The number of benzene rings is 1. The number of rotatable bonds is 3. The van der Waals surface area contributed by atoms with E-state index in [9.17, 15) is 0 Å². The third kappa shape index (κ3) is 4.06. The normalized spacial score (nSPS) is 11.8. The smallest absolute Gasteiger partial charge is 0.191 e. The molecule has 0 spiro atoms. The van der Waals surface area contributed by atoms with Crippen LogP contribution in [0.15, 0.2) is 17.1 Å². The SMILES string of the molecule is CN=C(NCc1c(C)cc(C)cc1C)NC(C)C. The van der Waals surface area contributed by atoms with Gasteiger partial charge in [0.2, 0.25) is 0 Å². The van der Waals surface area contributed by atoms with Gasteiger partial charge in [-0.05, 0) is 51.3 Å². The number of aryl methyl sites for hydroxylation is 3. The summed E-state index contributed by atoms with van der Waals surface area (Å²) in [4.78, 5) is 4.21. The van der Waals surface area contributed by atoms with E-state index in [0.717, 1.165) is 12.5 Å². The Labute approximate surface area is 111 Å². The van der Waals surface area contributed by atoms with Crippen LogP contribution in [-0.2, 0) is 6.54 Å². The number of aliphatic imine (C=N–C) groups is 1. The maximum atomic E-state index is 4.21. The standard InChI is InChI=1S/C15H25N3/c1-10(2)18-15(16-6)17-9-14-12(4)7-11(3)8-13(14)5/h7-8,10H,9H2,1-6H3,(H2,16,17,18). The number of guanidine groups is 1. The number of nitrogens with zero attached hydrogens (tertiary/aromatic N) is 1. The predicted octanol–water partition coefficient (Wildman–Crippen LogP) is 2.69. The highest BCUT2D eigenvalue weighted by molar-refractivity contribution is 5.79. The van der Waals surface area contributed by atoms with Crippen LogP contribution in [0.2, 0.25) is 0 Å². The largest absolute Gasteiger partial charge is 0.354 e. The molecule has 1 aromatic rings. The van der Waals surface area contributed by atoms with Gasteiger partial charge in [-0.3, -0.25) is 4.99 Å². The van der Waals surface area contributed by atoms with Gasteiger partial charge in [0.05, 0.1) is 0 Å². The van der Waals surface area contributed by atoms with Gasteiger partial charge in [0, 0.05) is 19.6 Å². The van der Waals surface area contributed by atoms with E-state index in [4.69, 9.17) is 0 Å². The summed E-state index contributed by atoms with van der Waals surface area (Å²) in [6.07, 6.45) is 0. The van der Waals surface area contributed by atoms with Gasteiger partial charge in [0.25, 0.3) is 0 Å². The molecule has 1 rings (SSSR count). The van der Waals surface area contributed by atoms with E-state index in [0.29, 0.717) is 6.04 Å². The lowest BCUT2D eigenvalue weighted by Crippen LogP contribution is -2.40. The van der Waals surface area contributed by atoms with Crippen LogP contribution in [0.1, 0.15) is 36.1 Å². The fraction of sp³-hybridized carbons (Fsp3) is 0.533. The Bertz CT molecular complexity index is 410. The van der Waals surface area contributed by atoms with E-state index in [1.54, 1.807) is 7.05 Å². The highest BCUT2D eigenvalue weighted by atomic mass is 15.2. The minimum absolute atomic E-state index is 0.386. The zero-order valence-electron chi connectivity index (χ0n) is 12.4. The maximum Gasteiger partial charge on any atom is 0.191 e. The van der Waals surface area contributed by atoms with Crippen LogP contribution in [-0.4, -0.2) is 19.0 Å². The van der Waals surface area contributed by atoms with Gasteiger partial charge in [-0.25, -0.2) is 0 Å². The number of hydrogen-bond acceptors (Lipinski definition) is 1. The number of nitrogens with one attached hydrogen (secondary N) is 2. The summed E-state index contributed by atoms with van der Waals surface area (Å²) >= 11 is 0. The molecule has 0 aliphatic carbocycles. The molecule has 0 amide bonds. The molecule has 0 atom stereocenters. The van der Waals surface area contributed by atoms with Crippen molar-refractivity contribution < 1.29 is 0 Å². The summed E-state index contributed by atoms with van der Waals surface area (Å²) < 4.78 is 0.